The molecule has 0 N–H and O–H groups in total. The van der Waals surface area contributed by atoms with Crippen molar-refractivity contribution in [2.45, 2.75) is 84.0 Å². The van der Waals surface area contributed by atoms with Gasteiger partial charge in [-0.25, -0.2) is 0 Å². The van der Waals surface area contributed by atoms with Crippen molar-refractivity contribution in [2.24, 2.45) is 0 Å². The van der Waals surface area contributed by atoms with E-state index >= 15 is 0 Å². The molecule has 106 valence electrons. The van der Waals surface area contributed by atoms with E-state index < -0.39 is 0 Å². The van der Waals surface area contributed by atoms with Crippen molar-refractivity contribution in [3.63, 3.8) is 0 Å². The molecule has 0 nitrogen and oxygen atoms in total. The summed E-state index contributed by atoms with van der Waals surface area (Å²) in [7, 11) is 1.17. The van der Waals surface area contributed by atoms with Crippen LogP contribution in [0.15, 0.2) is 0 Å². The fourth-order valence-electron chi connectivity index (χ4n) is 2.14. The van der Waals surface area contributed by atoms with Crippen LogP contribution in [0.25, 0.3) is 0 Å². The maximum absolute atomic E-state index is 2.32. The molecule has 0 aliphatic carbocycles. The van der Waals surface area contributed by atoms with Gasteiger partial charge in [0.1, 0.15) is 0 Å². The smallest absolute Gasteiger partial charge is 0.0356 e. The molecule has 0 aromatic rings. The highest BCUT2D eigenvalue weighted by molar-refractivity contribution is 7.36. The van der Waals surface area contributed by atoms with Crippen molar-refractivity contribution in [3.05, 3.63) is 0 Å². The van der Waals surface area contributed by atoms with Crippen LogP contribution in [-0.4, -0.2) is 12.8 Å². The Morgan fingerprint density at radius 1 is 0.588 bits per heavy atom. The summed E-state index contributed by atoms with van der Waals surface area (Å²) in [5.74, 6) is 0. The van der Waals surface area contributed by atoms with Crippen LogP contribution in [0.5, 0.6) is 0 Å². The first kappa shape index (κ1) is 20.0. The van der Waals surface area contributed by atoms with E-state index in [9.17, 15) is 0 Å². The summed E-state index contributed by atoms with van der Waals surface area (Å²) in [5.41, 5.74) is 0. The molecule has 17 heavy (non-hydrogen) atoms. The summed E-state index contributed by atoms with van der Waals surface area (Å²) in [5, 5.41) is 0. The quantitative estimate of drug-likeness (QED) is 0.270. The molecule has 0 saturated heterocycles. The number of hydrogen-bond donors (Lipinski definition) is 0. The Balaban J connectivity index is 0. The lowest BCUT2D eigenvalue weighted by Crippen LogP contribution is -1.83. The van der Waals surface area contributed by atoms with Gasteiger partial charge in [0, 0.05) is 0 Å². The SMILES string of the molecule is CCCCCCCCCCCCCCPC.Cl. The number of unbranched alkanes of at least 4 members (excludes halogenated alkanes) is 11. The van der Waals surface area contributed by atoms with Crippen LogP contribution in [0.2, 0.25) is 0 Å². The van der Waals surface area contributed by atoms with Gasteiger partial charge in [0.15, 0.2) is 0 Å². The Kier molecular flexibility index (Phi) is 22.5. The summed E-state index contributed by atoms with van der Waals surface area (Å²) < 4.78 is 0. The van der Waals surface area contributed by atoms with Crippen molar-refractivity contribution in [3.8, 4) is 0 Å². The van der Waals surface area contributed by atoms with Crippen LogP contribution in [0, 0.1) is 0 Å². The van der Waals surface area contributed by atoms with Crippen LogP contribution < -0.4 is 0 Å². The molecule has 0 amide bonds. The Bertz CT molecular complexity index is 103. The van der Waals surface area contributed by atoms with Gasteiger partial charge in [-0.2, -0.15) is 0 Å². The highest BCUT2D eigenvalue weighted by atomic mass is 35.5. The molecule has 0 spiro atoms. The summed E-state index contributed by atoms with van der Waals surface area (Å²) in [6.45, 7) is 4.61. The lowest BCUT2D eigenvalue weighted by Gasteiger charge is -2.02. The summed E-state index contributed by atoms with van der Waals surface area (Å²) >= 11 is 0. The van der Waals surface area contributed by atoms with E-state index in [1.165, 1.54) is 91.8 Å². The molecule has 0 aliphatic rings. The molecule has 1 unspecified atom stereocenters. The first-order valence-corrected chi connectivity index (χ1v) is 9.27. The molecule has 0 aromatic carbocycles. The topological polar surface area (TPSA) is 0 Å². The first-order valence-electron chi connectivity index (χ1n) is 7.56. The molecular weight excluding hydrogens is 247 g/mol. The molecule has 2 heteroatoms. The average molecular weight is 281 g/mol. The zero-order valence-electron chi connectivity index (χ0n) is 12.1. The van der Waals surface area contributed by atoms with Gasteiger partial charge in [-0.05, 0) is 19.2 Å². The van der Waals surface area contributed by atoms with Gasteiger partial charge >= 0.3 is 0 Å². The van der Waals surface area contributed by atoms with E-state index in [1.807, 2.05) is 0 Å². The molecule has 0 heterocycles. The molecule has 0 saturated carbocycles. The zero-order valence-corrected chi connectivity index (χ0v) is 13.9. The Hall–Kier alpha value is 0.720. The second-order valence-electron chi connectivity index (χ2n) is 4.99. The Labute approximate surface area is 118 Å². The molecule has 0 aliphatic heterocycles. The van der Waals surface area contributed by atoms with Crippen LogP contribution in [-0.2, 0) is 0 Å². The first-order chi connectivity index (χ1) is 7.91. The van der Waals surface area contributed by atoms with Gasteiger partial charge < -0.3 is 0 Å². The fourth-order valence-corrected chi connectivity index (χ4v) is 2.75. The zero-order chi connectivity index (χ0) is 11.9. The van der Waals surface area contributed by atoms with Gasteiger partial charge in [-0.3, -0.25) is 0 Å². The Morgan fingerprint density at radius 2 is 0.941 bits per heavy atom. The van der Waals surface area contributed by atoms with Crippen LogP contribution in [0.4, 0.5) is 0 Å². The third-order valence-electron chi connectivity index (χ3n) is 3.28. The standard InChI is InChI=1S/C15H33P.ClH/c1-3-4-5-6-7-8-9-10-11-12-13-14-15-16-2;/h16H,3-15H2,1-2H3;1H. The van der Waals surface area contributed by atoms with E-state index in [-0.39, 0.29) is 12.4 Å². The molecule has 0 rings (SSSR count). The third kappa shape index (κ3) is 19.2. The fraction of sp³-hybridized carbons (Fsp3) is 1.00. The monoisotopic (exact) mass is 280 g/mol. The van der Waals surface area contributed by atoms with Gasteiger partial charge in [0.2, 0.25) is 0 Å². The minimum atomic E-state index is 0. The predicted octanol–water partition coefficient (Wildman–Crippen LogP) is 6.42. The third-order valence-corrected chi connectivity index (χ3v) is 4.13. The maximum Gasteiger partial charge on any atom is -0.0356 e. The largest absolute Gasteiger partial charge is 0.147 e. The summed E-state index contributed by atoms with van der Waals surface area (Å²) in [4.78, 5) is 0. The van der Waals surface area contributed by atoms with Crippen molar-refractivity contribution < 1.29 is 0 Å². The van der Waals surface area contributed by atoms with E-state index in [0.29, 0.717) is 0 Å². The predicted molar refractivity (Wildman–Crippen MR) is 87.4 cm³/mol. The highest BCUT2D eigenvalue weighted by Crippen LogP contribution is 2.13. The van der Waals surface area contributed by atoms with Gasteiger partial charge in [0.25, 0.3) is 0 Å². The maximum atomic E-state index is 2.32. The van der Waals surface area contributed by atoms with E-state index in [2.05, 4.69) is 13.6 Å². The number of hydrogen-bond acceptors (Lipinski definition) is 0. The summed E-state index contributed by atoms with van der Waals surface area (Å²) in [6.07, 6.45) is 19.1. The van der Waals surface area contributed by atoms with Gasteiger partial charge in [0.05, 0.1) is 0 Å². The summed E-state index contributed by atoms with van der Waals surface area (Å²) in [6, 6.07) is 0. The van der Waals surface area contributed by atoms with E-state index in [0.717, 1.165) is 0 Å². The number of halogens is 1. The number of rotatable bonds is 13. The lowest BCUT2D eigenvalue weighted by atomic mass is 10.1. The van der Waals surface area contributed by atoms with Crippen molar-refractivity contribution in [2.75, 3.05) is 12.8 Å². The van der Waals surface area contributed by atoms with Crippen LogP contribution >= 0.6 is 21.0 Å². The normalized spacial score (nSPS) is 10.9. The highest BCUT2D eigenvalue weighted by Gasteiger charge is 1.92. The molecule has 0 fully saturated rings. The van der Waals surface area contributed by atoms with Gasteiger partial charge in [-0.15, -0.1) is 21.0 Å². The van der Waals surface area contributed by atoms with Crippen molar-refractivity contribution >= 4 is 21.0 Å². The molecule has 0 radical (unpaired) electrons. The minimum Gasteiger partial charge on any atom is -0.147 e. The van der Waals surface area contributed by atoms with Crippen molar-refractivity contribution in [1.82, 2.24) is 0 Å². The average Bonchev–Trinajstić information content (AvgIpc) is 2.31. The second-order valence-corrected chi connectivity index (χ2v) is 6.20. The molecular formula is C15H34ClP. The van der Waals surface area contributed by atoms with Crippen LogP contribution in [0.1, 0.15) is 84.0 Å². The molecule has 0 aromatic heterocycles. The van der Waals surface area contributed by atoms with Crippen molar-refractivity contribution in [1.29, 1.82) is 0 Å². The van der Waals surface area contributed by atoms with Gasteiger partial charge in [-0.1, -0.05) is 77.6 Å². The van der Waals surface area contributed by atoms with Crippen LogP contribution in [0.3, 0.4) is 0 Å². The lowest BCUT2D eigenvalue weighted by molar-refractivity contribution is 0.548. The molecule has 0 bridgehead atoms. The molecule has 1 atom stereocenters. The van der Waals surface area contributed by atoms with E-state index in [1.54, 1.807) is 0 Å². The Morgan fingerprint density at radius 3 is 1.29 bits per heavy atom. The minimum absolute atomic E-state index is 0. The van der Waals surface area contributed by atoms with E-state index in [4.69, 9.17) is 0 Å². The second kappa shape index (κ2) is 19.1.